The highest BCUT2D eigenvalue weighted by Gasteiger charge is 1.94. The predicted octanol–water partition coefficient (Wildman–Crippen LogP) is 6.87. The SMILES string of the molecule is CCCCCCCC/C=C\CCCCCCCCC(=O)S. The van der Waals surface area contributed by atoms with Gasteiger partial charge in [0.2, 0.25) is 0 Å². The molecule has 21 heavy (non-hydrogen) atoms. The molecule has 0 amide bonds. The molecule has 0 N–H and O–H groups in total. The molecule has 0 saturated carbocycles. The van der Waals surface area contributed by atoms with Crippen molar-refractivity contribution in [1.29, 1.82) is 0 Å². The van der Waals surface area contributed by atoms with Crippen molar-refractivity contribution in [2.24, 2.45) is 0 Å². The van der Waals surface area contributed by atoms with Gasteiger partial charge in [-0.2, -0.15) is 0 Å². The average molecular weight is 313 g/mol. The number of hydrogen-bond acceptors (Lipinski definition) is 1. The van der Waals surface area contributed by atoms with E-state index in [0.717, 1.165) is 6.42 Å². The van der Waals surface area contributed by atoms with Gasteiger partial charge in [-0.1, -0.05) is 76.9 Å². The fraction of sp³-hybridized carbons (Fsp3) is 0.842. The van der Waals surface area contributed by atoms with E-state index in [9.17, 15) is 4.79 Å². The Kier molecular flexibility index (Phi) is 17.6. The van der Waals surface area contributed by atoms with Gasteiger partial charge in [-0.25, -0.2) is 0 Å². The molecule has 0 aliphatic rings. The van der Waals surface area contributed by atoms with Crippen LogP contribution in [0.25, 0.3) is 0 Å². The van der Waals surface area contributed by atoms with Crippen LogP contribution >= 0.6 is 12.6 Å². The van der Waals surface area contributed by atoms with Crippen LogP contribution in [0.5, 0.6) is 0 Å². The molecule has 0 saturated heterocycles. The fourth-order valence-corrected chi connectivity index (χ4v) is 2.68. The molecule has 1 nitrogen and oxygen atoms in total. The highest BCUT2D eigenvalue weighted by Crippen LogP contribution is 2.10. The normalized spacial score (nSPS) is 11.3. The van der Waals surface area contributed by atoms with E-state index in [2.05, 4.69) is 31.7 Å². The monoisotopic (exact) mass is 312 g/mol. The van der Waals surface area contributed by atoms with E-state index >= 15 is 0 Å². The Hall–Kier alpha value is -0.240. The van der Waals surface area contributed by atoms with Crippen LogP contribution in [0, 0.1) is 0 Å². The van der Waals surface area contributed by atoms with Crippen molar-refractivity contribution in [3.63, 3.8) is 0 Å². The predicted molar refractivity (Wildman–Crippen MR) is 98.1 cm³/mol. The molecule has 0 aromatic rings. The standard InChI is InChI=1S/C19H36OS/c1-2-3-4-5-6-7-8-9-10-11-12-13-14-15-16-17-18-19(20)21/h9-10H,2-8,11-18H2,1H3,(H,20,21)/b10-9-. The Morgan fingerprint density at radius 3 is 1.62 bits per heavy atom. The zero-order valence-electron chi connectivity index (χ0n) is 14.1. The van der Waals surface area contributed by atoms with Gasteiger partial charge in [-0.05, 0) is 32.1 Å². The Balaban J connectivity index is 3.07. The van der Waals surface area contributed by atoms with Crippen molar-refractivity contribution in [3.8, 4) is 0 Å². The minimum atomic E-state index is 0.0329. The van der Waals surface area contributed by atoms with Crippen LogP contribution in [0.3, 0.4) is 0 Å². The number of thiol groups is 1. The van der Waals surface area contributed by atoms with E-state index in [0.29, 0.717) is 6.42 Å². The largest absolute Gasteiger partial charge is 0.288 e. The summed E-state index contributed by atoms with van der Waals surface area (Å²) in [5, 5.41) is 0.0329. The van der Waals surface area contributed by atoms with E-state index in [1.807, 2.05) is 0 Å². The second-order valence-electron chi connectivity index (χ2n) is 6.08. The van der Waals surface area contributed by atoms with E-state index in [1.54, 1.807) is 0 Å². The summed E-state index contributed by atoms with van der Waals surface area (Å²) in [6.07, 6.45) is 23.7. The van der Waals surface area contributed by atoms with Crippen LogP contribution in [0.4, 0.5) is 0 Å². The minimum absolute atomic E-state index is 0.0329. The van der Waals surface area contributed by atoms with E-state index in [4.69, 9.17) is 0 Å². The van der Waals surface area contributed by atoms with Crippen molar-refractivity contribution in [1.82, 2.24) is 0 Å². The summed E-state index contributed by atoms with van der Waals surface area (Å²) in [6.45, 7) is 2.27. The Labute approximate surface area is 138 Å². The number of unbranched alkanes of at least 4 members (excludes halogenated alkanes) is 12. The molecule has 0 aliphatic carbocycles. The average Bonchev–Trinajstić information content (AvgIpc) is 2.46. The molecule has 2 heteroatoms. The summed E-state index contributed by atoms with van der Waals surface area (Å²) in [5.41, 5.74) is 0. The molecule has 0 fully saturated rings. The molecule has 124 valence electrons. The van der Waals surface area contributed by atoms with E-state index < -0.39 is 0 Å². The van der Waals surface area contributed by atoms with Crippen LogP contribution in [0.15, 0.2) is 12.2 Å². The molecular formula is C19H36OS. The second-order valence-corrected chi connectivity index (χ2v) is 6.58. The van der Waals surface area contributed by atoms with Crippen LogP contribution in [-0.2, 0) is 4.79 Å². The van der Waals surface area contributed by atoms with Gasteiger partial charge in [0, 0.05) is 6.42 Å². The minimum Gasteiger partial charge on any atom is -0.288 e. The van der Waals surface area contributed by atoms with Gasteiger partial charge in [0.15, 0.2) is 5.12 Å². The number of rotatable bonds is 16. The van der Waals surface area contributed by atoms with Gasteiger partial charge in [0.1, 0.15) is 0 Å². The third-order valence-corrected chi connectivity index (χ3v) is 4.13. The lowest BCUT2D eigenvalue weighted by Gasteiger charge is -2.00. The van der Waals surface area contributed by atoms with Gasteiger partial charge in [-0.3, -0.25) is 4.79 Å². The molecule has 0 bridgehead atoms. The molecule has 0 spiro atoms. The molecule has 0 aromatic carbocycles. The zero-order chi connectivity index (χ0) is 15.6. The number of carbonyl (C=O) groups is 1. The molecule has 0 atom stereocenters. The Bertz CT molecular complexity index is 248. The first-order valence-corrected chi connectivity index (χ1v) is 9.59. The number of allylic oxidation sites excluding steroid dienone is 2. The van der Waals surface area contributed by atoms with Crippen molar-refractivity contribution in [3.05, 3.63) is 12.2 Å². The summed E-state index contributed by atoms with van der Waals surface area (Å²) in [4.78, 5) is 10.6. The van der Waals surface area contributed by atoms with Crippen LogP contribution in [-0.4, -0.2) is 5.12 Å². The Morgan fingerprint density at radius 2 is 1.14 bits per heavy atom. The highest BCUT2D eigenvalue weighted by atomic mass is 32.1. The van der Waals surface area contributed by atoms with Crippen molar-refractivity contribution in [2.45, 2.75) is 103 Å². The third kappa shape index (κ3) is 19.8. The fourth-order valence-electron chi connectivity index (χ4n) is 2.52. The van der Waals surface area contributed by atoms with Gasteiger partial charge in [0.05, 0.1) is 0 Å². The number of carbonyl (C=O) groups excluding carboxylic acids is 1. The van der Waals surface area contributed by atoms with Gasteiger partial charge in [-0.15, -0.1) is 12.6 Å². The van der Waals surface area contributed by atoms with Crippen molar-refractivity contribution >= 4 is 17.7 Å². The topological polar surface area (TPSA) is 17.1 Å². The summed E-state index contributed by atoms with van der Waals surface area (Å²) in [6, 6.07) is 0. The van der Waals surface area contributed by atoms with Crippen LogP contribution in [0.1, 0.15) is 103 Å². The van der Waals surface area contributed by atoms with Crippen molar-refractivity contribution < 1.29 is 4.79 Å². The third-order valence-electron chi connectivity index (χ3n) is 3.90. The second kappa shape index (κ2) is 17.8. The van der Waals surface area contributed by atoms with Crippen LogP contribution < -0.4 is 0 Å². The lowest BCUT2D eigenvalue weighted by atomic mass is 10.1. The summed E-state index contributed by atoms with van der Waals surface area (Å²) < 4.78 is 0. The van der Waals surface area contributed by atoms with Gasteiger partial charge < -0.3 is 0 Å². The first-order valence-electron chi connectivity index (χ1n) is 9.14. The molecule has 0 aliphatic heterocycles. The molecule has 0 heterocycles. The molecular weight excluding hydrogens is 276 g/mol. The summed E-state index contributed by atoms with van der Waals surface area (Å²) >= 11 is 3.78. The lowest BCUT2D eigenvalue weighted by molar-refractivity contribution is -0.110. The lowest BCUT2D eigenvalue weighted by Crippen LogP contribution is -1.86. The van der Waals surface area contributed by atoms with E-state index in [-0.39, 0.29) is 5.12 Å². The maximum absolute atomic E-state index is 10.6. The number of hydrogen-bond donors (Lipinski definition) is 1. The molecule has 0 aromatic heterocycles. The van der Waals surface area contributed by atoms with Gasteiger partial charge >= 0.3 is 0 Å². The maximum Gasteiger partial charge on any atom is 0.185 e. The summed E-state index contributed by atoms with van der Waals surface area (Å²) in [5.74, 6) is 0. The van der Waals surface area contributed by atoms with E-state index in [1.165, 1.54) is 83.5 Å². The smallest absolute Gasteiger partial charge is 0.185 e. The van der Waals surface area contributed by atoms with Crippen LogP contribution in [0.2, 0.25) is 0 Å². The molecule has 0 rings (SSSR count). The highest BCUT2D eigenvalue weighted by molar-refractivity contribution is 7.96. The maximum atomic E-state index is 10.6. The quantitative estimate of drug-likeness (QED) is 0.187. The zero-order valence-corrected chi connectivity index (χ0v) is 15.0. The molecule has 0 unspecified atom stereocenters. The first kappa shape index (κ1) is 20.8. The first-order chi connectivity index (χ1) is 10.3. The van der Waals surface area contributed by atoms with Crippen molar-refractivity contribution in [2.75, 3.05) is 0 Å². The van der Waals surface area contributed by atoms with Gasteiger partial charge in [0.25, 0.3) is 0 Å². The molecule has 0 radical (unpaired) electrons. The Morgan fingerprint density at radius 1 is 0.714 bits per heavy atom. The summed E-state index contributed by atoms with van der Waals surface area (Å²) in [7, 11) is 0.